The Balaban J connectivity index is 1.86. The SMILES string of the molecule is CCc1cc2c(cc1-c1csc(-c3ccccc3)n1)C(C)(C)CCC2(C)C. The molecule has 0 atom stereocenters. The molecule has 0 fully saturated rings. The largest absolute Gasteiger partial charge is 0.236 e. The molecule has 1 heterocycles. The average Bonchev–Trinajstić information content (AvgIpc) is 3.15. The third-order valence-corrected chi connectivity index (χ3v) is 7.15. The molecule has 0 aliphatic heterocycles. The van der Waals surface area contributed by atoms with Crippen molar-refractivity contribution >= 4 is 11.3 Å². The van der Waals surface area contributed by atoms with Gasteiger partial charge in [0.15, 0.2) is 0 Å². The first kappa shape index (κ1) is 18.4. The van der Waals surface area contributed by atoms with E-state index in [4.69, 9.17) is 4.98 Å². The Hall–Kier alpha value is -1.93. The van der Waals surface area contributed by atoms with Crippen molar-refractivity contribution in [2.75, 3.05) is 0 Å². The summed E-state index contributed by atoms with van der Waals surface area (Å²) in [6, 6.07) is 15.4. The first-order valence-electron chi connectivity index (χ1n) is 10.0. The number of aromatic nitrogens is 1. The summed E-state index contributed by atoms with van der Waals surface area (Å²) in [5.41, 5.74) is 8.60. The summed E-state index contributed by atoms with van der Waals surface area (Å²) in [7, 11) is 0. The molecule has 1 nitrogen and oxygen atoms in total. The lowest BCUT2D eigenvalue weighted by molar-refractivity contribution is 0.331. The van der Waals surface area contributed by atoms with Gasteiger partial charge in [0.2, 0.25) is 0 Å². The Bertz CT molecular complexity index is 963. The van der Waals surface area contributed by atoms with Crippen molar-refractivity contribution in [3.05, 3.63) is 64.5 Å². The van der Waals surface area contributed by atoms with Gasteiger partial charge in [-0.15, -0.1) is 11.3 Å². The second-order valence-electron chi connectivity index (χ2n) is 9.08. The third-order valence-electron chi connectivity index (χ3n) is 6.26. The minimum Gasteiger partial charge on any atom is -0.236 e. The van der Waals surface area contributed by atoms with Crippen LogP contribution in [0.25, 0.3) is 21.8 Å². The summed E-state index contributed by atoms with van der Waals surface area (Å²) < 4.78 is 0. The van der Waals surface area contributed by atoms with Crippen LogP contribution in [-0.2, 0) is 17.3 Å². The molecule has 0 bridgehead atoms. The Morgan fingerprint density at radius 2 is 1.56 bits per heavy atom. The standard InChI is InChI=1S/C25H29NS/c1-6-17-14-20-21(25(4,5)13-12-24(20,2)3)15-19(17)22-16-27-23(26-22)18-10-8-7-9-11-18/h7-11,14-16H,6,12-13H2,1-5H3. The first-order valence-corrected chi connectivity index (χ1v) is 10.9. The van der Waals surface area contributed by atoms with Crippen molar-refractivity contribution in [3.8, 4) is 21.8 Å². The summed E-state index contributed by atoms with van der Waals surface area (Å²) >= 11 is 1.74. The summed E-state index contributed by atoms with van der Waals surface area (Å²) in [5, 5.41) is 3.33. The number of hydrogen-bond acceptors (Lipinski definition) is 2. The second-order valence-corrected chi connectivity index (χ2v) is 9.94. The molecular weight excluding hydrogens is 346 g/mol. The second kappa shape index (κ2) is 6.60. The fourth-order valence-corrected chi connectivity index (χ4v) is 5.13. The molecule has 0 spiro atoms. The zero-order chi connectivity index (χ0) is 19.2. The van der Waals surface area contributed by atoms with Crippen LogP contribution in [0.4, 0.5) is 0 Å². The maximum atomic E-state index is 5.01. The third kappa shape index (κ3) is 3.25. The Kier molecular flexibility index (Phi) is 4.50. The molecular formula is C25H29NS. The molecule has 1 aliphatic rings. The molecule has 0 unspecified atom stereocenters. The topological polar surface area (TPSA) is 12.9 Å². The van der Waals surface area contributed by atoms with Crippen molar-refractivity contribution in [1.29, 1.82) is 0 Å². The quantitative estimate of drug-likeness (QED) is 0.465. The van der Waals surface area contributed by atoms with Gasteiger partial charge in [-0.25, -0.2) is 4.98 Å². The lowest BCUT2D eigenvalue weighted by Crippen LogP contribution is -2.34. The van der Waals surface area contributed by atoms with Crippen molar-refractivity contribution in [1.82, 2.24) is 4.98 Å². The fourth-order valence-electron chi connectivity index (χ4n) is 4.30. The molecule has 140 valence electrons. The summed E-state index contributed by atoms with van der Waals surface area (Å²) in [5.74, 6) is 0. The number of hydrogen-bond donors (Lipinski definition) is 0. The van der Waals surface area contributed by atoms with Crippen LogP contribution in [0, 0.1) is 0 Å². The van der Waals surface area contributed by atoms with Gasteiger partial charge in [-0.2, -0.15) is 0 Å². The normalized spacial score (nSPS) is 17.5. The number of thiazole rings is 1. The van der Waals surface area contributed by atoms with Crippen LogP contribution in [0.3, 0.4) is 0 Å². The van der Waals surface area contributed by atoms with Gasteiger partial charge in [0.05, 0.1) is 5.69 Å². The van der Waals surface area contributed by atoms with Crippen LogP contribution in [0.15, 0.2) is 47.8 Å². The van der Waals surface area contributed by atoms with Crippen molar-refractivity contribution in [3.63, 3.8) is 0 Å². The van der Waals surface area contributed by atoms with Crippen molar-refractivity contribution in [2.24, 2.45) is 0 Å². The molecule has 0 N–H and O–H groups in total. The molecule has 4 rings (SSSR count). The maximum absolute atomic E-state index is 5.01. The Morgan fingerprint density at radius 1 is 0.926 bits per heavy atom. The number of rotatable bonds is 3. The molecule has 2 aromatic carbocycles. The molecule has 0 saturated carbocycles. The molecule has 1 aliphatic carbocycles. The highest BCUT2D eigenvalue weighted by Gasteiger charge is 2.37. The van der Waals surface area contributed by atoms with E-state index in [2.05, 4.69) is 82.5 Å². The average molecular weight is 376 g/mol. The van der Waals surface area contributed by atoms with Gasteiger partial charge >= 0.3 is 0 Å². The monoisotopic (exact) mass is 375 g/mol. The lowest BCUT2D eigenvalue weighted by Gasteiger charge is -2.42. The van der Waals surface area contributed by atoms with E-state index < -0.39 is 0 Å². The molecule has 1 aromatic heterocycles. The molecule has 0 amide bonds. The van der Waals surface area contributed by atoms with Crippen molar-refractivity contribution < 1.29 is 0 Å². The van der Waals surface area contributed by atoms with Crippen LogP contribution >= 0.6 is 11.3 Å². The van der Waals surface area contributed by atoms with E-state index in [9.17, 15) is 0 Å². The predicted octanol–water partition coefficient (Wildman–Crippen LogP) is 7.39. The smallest absolute Gasteiger partial charge is 0.124 e. The number of nitrogens with zero attached hydrogens (tertiary/aromatic N) is 1. The van der Waals surface area contributed by atoms with E-state index >= 15 is 0 Å². The van der Waals surface area contributed by atoms with Crippen LogP contribution in [0.1, 0.15) is 64.2 Å². The maximum Gasteiger partial charge on any atom is 0.124 e. The van der Waals surface area contributed by atoms with Crippen LogP contribution in [0.5, 0.6) is 0 Å². The summed E-state index contributed by atoms with van der Waals surface area (Å²) in [4.78, 5) is 5.01. The van der Waals surface area contributed by atoms with Gasteiger partial charge < -0.3 is 0 Å². The van der Waals surface area contributed by atoms with Crippen LogP contribution in [-0.4, -0.2) is 4.98 Å². The molecule has 0 saturated heterocycles. The van der Waals surface area contributed by atoms with E-state index in [-0.39, 0.29) is 10.8 Å². The van der Waals surface area contributed by atoms with E-state index in [0.29, 0.717) is 0 Å². The highest BCUT2D eigenvalue weighted by atomic mass is 32.1. The predicted molar refractivity (Wildman–Crippen MR) is 118 cm³/mol. The zero-order valence-electron chi connectivity index (χ0n) is 17.1. The Labute approximate surface area is 167 Å². The minimum absolute atomic E-state index is 0.226. The molecule has 3 aromatic rings. The fraction of sp³-hybridized carbons (Fsp3) is 0.400. The van der Waals surface area contributed by atoms with E-state index in [1.54, 1.807) is 11.3 Å². The molecule has 27 heavy (non-hydrogen) atoms. The van der Waals surface area contributed by atoms with E-state index in [0.717, 1.165) is 17.1 Å². The van der Waals surface area contributed by atoms with Crippen LogP contribution in [0.2, 0.25) is 0 Å². The number of aryl methyl sites for hydroxylation is 1. The van der Waals surface area contributed by atoms with Crippen molar-refractivity contribution in [2.45, 2.75) is 64.7 Å². The highest BCUT2D eigenvalue weighted by molar-refractivity contribution is 7.13. The van der Waals surface area contributed by atoms with Gasteiger partial charge in [0, 0.05) is 16.5 Å². The van der Waals surface area contributed by atoms with Crippen LogP contribution < -0.4 is 0 Å². The van der Waals surface area contributed by atoms with Gasteiger partial charge in [-0.05, 0) is 52.8 Å². The number of fused-ring (bicyclic) bond motifs is 1. The van der Waals surface area contributed by atoms with Gasteiger partial charge in [0.25, 0.3) is 0 Å². The van der Waals surface area contributed by atoms with E-state index in [1.807, 2.05) is 0 Å². The van der Waals surface area contributed by atoms with Gasteiger partial charge in [0.1, 0.15) is 5.01 Å². The molecule has 0 radical (unpaired) electrons. The van der Waals surface area contributed by atoms with Gasteiger partial charge in [-0.3, -0.25) is 0 Å². The lowest BCUT2D eigenvalue weighted by atomic mass is 9.62. The minimum atomic E-state index is 0.226. The van der Waals surface area contributed by atoms with E-state index in [1.165, 1.54) is 40.7 Å². The summed E-state index contributed by atoms with van der Waals surface area (Å²) in [6.45, 7) is 11.9. The van der Waals surface area contributed by atoms with Gasteiger partial charge in [-0.1, -0.05) is 71.0 Å². The number of benzene rings is 2. The first-order chi connectivity index (χ1) is 12.8. The zero-order valence-corrected chi connectivity index (χ0v) is 17.9. The summed E-state index contributed by atoms with van der Waals surface area (Å²) in [6.07, 6.45) is 3.53. The highest BCUT2D eigenvalue weighted by Crippen LogP contribution is 2.48. The Morgan fingerprint density at radius 3 is 2.19 bits per heavy atom. The molecule has 2 heteroatoms.